The third-order valence-corrected chi connectivity index (χ3v) is 3.69. The summed E-state index contributed by atoms with van der Waals surface area (Å²) in [5.74, 6) is -3.48. The molecule has 0 aromatic carbocycles. The van der Waals surface area contributed by atoms with Crippen LogP contribution in [0, 0.1) is 0 Å². The van der Waals surface area contributed by atoms with E-state index < -0.39 is 54.7 Å². The first-order chi connectivity index (χ1) is 10.7. The third kappa shape index (κ3) is 4.16. The van der Waals surface area contributed by atoms with Crippen molar-refractivity contribution < 1.29 is 44.2 Å². The fraction of sp³-hybridized carbons (Fsp3) is 0.846. The zero-order valence-corrected chi connectivity index (χ0v) is 13.1. The van der Waals surface area contributed by atoms with Gasteiger partial charge in [0.05, 0.1) is 25.9 Å². The maximum atomic E-state index is 11.9. The van der Waals surface area contributed by atoms with E-state index in [2.05, 4.69) is 10.1 Å². The molecule has 1 unspecified atom stereocenters. The fourth-order valence-corrected chi connectivity index (χ4v) is 2.49. The second kappa shape index (κ2) is 7.99. The normalized spacial score (nSPS) is 33.6. The number of ether oxygens (including phenoxy) is 3. The molecule has 1 amide bonds. The number of carbonyl (C=O) groups is 2. The molecule has 1 saturated heterocycles. The summed E-state index contributed by atoms with van der Waals surface area (Å²) in [6.07, 6.45) is -6.44. The lowest BCUT2D eigenvalue weighted by molar-refractivity contribution is -0.305. The van der Waals surface area contributed by atoms with Crippen molar-refractivity contribution in [3.05, 3.63) is 0 Å². The number of esters is 1. The molecule has 0 radical (unpaired) electrons. The van der Waals surface area contributed by atoms with E-state index in [0.29, 0.717) is 0 Å². The molecule has 1 aliphatic rings. The Kier molecular flexibility index (Phi) is 6.86. The Bertz CT molecular complexity index is 432. The number of carbonyl (C=O) groups excluding carboxylic acids is 2. The standard InChI is InChI=1S/C13H23NO9/c1-6(16)14-9-7(17)4-13(22-3,12(20)21-2)23-11(9)10(19)8(18)5-15/h7-11,15,17-19H,4-5H2,1-3H3,(H,14,16)/t7-,8+,9+,10+,11?,13-/m0/s1. The molecule has 0 aliphatic carbocycles. The van der Waals surface area contributed by atoms with Crippen LogP contribution < -0.4 is 5.32 Å². The second-order valence-corrected chi connectivity index (χ2v) is 5.27. The van der Waals surface area contributed by atoms with E-state index in [1.165, 1.54) is 6.92 Å². The predicted octanol–water partition coefficient (Wildman–Crippen LogP) is -3.13. The zero-order chi connectivity index (χ0) is 17.8. The third-order valence-electron chi connectivity index (χ3n) is 3.69. The van der Waals surface area contributed by atoms with Crippen LogP contribution in [0.25, 0.3) is 0 Å². The molecule has 5 N–H and O–H groups in total. The zero-order valence-electron chi connectivity index (χ0n) is 13.1. The van der Waals surface area contributed by atoms with Gasteiger partial charge in [0, 0.05) is 20.5 Å². The van der Waals surface area contributed by atoms with Crippen LogP contribution in [0.4, 0.5) is 0 Å². The molecule has 0 saturated carbocycles. The molecule has 0 aromatic rings. The summed E-state index contributed by atoms with van der Waals surface area (Å²) >= 11 is 0. The van der Waals surface area contributed by atoms with Gasteiger partial charge in [-0.2, -0.15) is 0 Å². The van der Waals surface area contributed by atoms with Crippen LogP contribution in [0.1, 0.15) is 13.3 Å². The summed E-state index contributed by atoms with van der Waals surface area (Å²) in [6, 6.07) is -1.13. The number of aliphatic hydroxyl groups is 4. The van der Waals surface area contributed by atoms with Gasteiger partial charge in [0.25, 0.3) is 5.79 Å². The summed E-state index contributed by atoms with van der Waals surface area (Å²) in [6.45, 7) is 0.402. The number of hydrogen-bond donors (Lipinski definition) is 5. The van der Waals surface area contributed by atoms with Crippen molar-refractivity contribution in [2.45, 2.75) is 49.6 Å². The molecule has 0 bridgehead atoms. The van der Waals surface area contributed by atoms with Crippen LogP contribution in [0.5, 0.6) is 0 Å². The lowest BCUT2D eigenvalue weighted by Crippen LogP contribution is -2.67. The summed E-state index contributed by atoms with van der Waals surface area (Å²) in [5, 5.41) is 41.4. The molecule has 10 nitrogen and oxygen atoms in total. The highest BCUT2D eigenvalue weighted by atomic mass is 16.7. The van der Waals surface area contributed by atoms with Crippen molar-refractivity contribution in [3.8, 4) is 0 Å². The van der Waals surface area contributed by atoms with Gasteiger partial charge < -0.3 is 40.0 Å². The predicted molar refractivity (Wildman–Crippen MR) is 74.0 cm³/mol. The lowest BCUT2D eigenvalue weighted by atomic mass is 9.88. The van der Waals surface area contributed by atoms with E-state index in [0.717, 1.165) is 14.2 Å². The van der Waals surface area contributed by atoms with Crippen molar-refractivity contribution in [3.63, 3.8) is 0 Å². The molecule has 6 atom stereocenters. The first-order valence-corrected chi connectivity index (χ1v) is 6.96. The van der Waals surface area contributed by atoms with Gasteiger partial charge in [0.2, 0.25) is 5.91 Å². The molecule has 1 aliphatic heterocycles. The molecular formula is C13H23NO9. The summed E-state index contributed by atoms with van der Waals surface area (Å²) < 4.78 is 15.1. The Morgan fingerprint density at radius 3 is 2.43 bits per heavy atom. The Morgan fingerprint density at radius 1 is 1.39 bits per heavy atom. The highest BCUT2D eigenvalue weighted by Crippen LogP contribution is 2.33. The van der Waals surface area contributed by atoms with E-state index >= 15 is 0 Å². The van der Waals surface area contributed by atoms with Crippen LogP contribution in [0.3, 0.4) is 0 Å². The fourth-order valence-electron chi connectivity index (χ4n) is 2.49. The van der Waals surface area contributed by atoms with Gasteiger partial charge in [-0.25, -0.2) is 4.79 Å². The smallest absolute Gasteiger partial charge is 0.366 e. The monoisotopic (exact) mass is 337 g/mol. The van der Waals surface area contributed by atoms with Crippen molar-refractivity contribution in [1.82, 2.24) is 5.32 Å². The number of amides is 1. The van der Waals surface area contributed by atoms with E-state index in [4.69, 9.17) is 14.6 Å². The van der Waals surface area contributed by atoms with Crippen molar-refractivity contribution in [1.29, 1.82) is 0 Å². The maximum Gasteiger partial charge on any atom is 0.366 e. The Hall–Kier alpha value is -1.30. The number of nitrogens with one attached hydrogen (secondary N) is 1. The van der Waals surface area contributed by atoms with Crippen molar-refractivity contribution in [2.24, 2.45) is 0 Å². The number of hydrogen-bond acceptors (Lipinski definition) is 9. The van der Waals surface area contributed by atoms with Gasteiger partial charge in [-0.05, 0) is 0 Å². The van der Waals surface area contributed by atoms with E-state index in [9.17, 15) is 24.9 Å². The number of methoxy groups -OCH3 is 2. The SMILES string of the molecule is COC(=O)[C@]1(OC)C[C@H](O)[C@@H](NC(C)=O)C([C@H](O)[C@H](O)CO)O1. The minimum absolute atomic E-state index is 0.362. The molecule has 1 heterocycles. The van der Waals surface area contributed by atoms with Crippen molar-refractivity contribution in [2.75, 3.05) is 20.8 Å². The second-order valence-electron chi connectivity index (χ2n) is 5.27. The van der Waals surface area contributed by atoms with Crippen molar-refractivity contribution >= 4 is 11.9 Å². The first kappa shape index (κ1) is 19.7. The number of aliphatic hydroxyl groups excluding tert-OH is 4. The molecule has 0 aromatic heterocycles. The van der Waals surface area contributed by atoms with Crippen LogP contribution in [0.2, 0.25) is 0 Å². The maximum absolute atomic E-state index is 11.9. The minimum atomic E-state index is -2.01. The summed E-state index contributed by atoms with van der Waals surface area (Å²) in [5.41, 5.74) is 0. The Balaban J connectivity index is 3.17. The molecule has 134 valence electrons. The molecule has 10 heteroatoms. The topological polar surface area (TPSA) is 155 Å². The van der Waals surface area contributed by atoms with E-state index in [1.807, 2.05) is 0 Å². The van der Waals surface area contributed by atoms with Gasteiger partial charge in [0.1, 0.15) is 18.3 Å². The summed E-state index contributed by atoms with van der Waals surface area (Å²) in [4.78, 5) is 23.2. The van der Waals surface area contributed by atoms with Gasteiger partial charge >= 0.3 is 5.97 Å². The Morgan fingerprint density at radius 2 is 2.00 bits per heavy atom. The molecule has 1 rings (SSSR count). The van der Waals surface area contributed by atoms with Crippen LogP contribution >= 0.6 is 0 Å². The van der Waals surface area contributed by atoms with Gasteiger partial charge in [-0.15, -0.1) is 0 Å². The van der Waals surface area contributed by atoms with Gasteiger partial charge in [0.15, 0.2) is 0 Å². The average molecular weight is 337 g/mol. The largest absolute Gasteiger partial charge is 0.465 e. The van der Waals surface area contributed by atoms with E-state index in [-0.39, 0.29) is 6.42 Å². The highest BCUT2D eigenvalue weighted by Gasteiger charge is 2.55. The highest BCUT2D eigenvalue weighted by molar-refractivity contribution is 5.78. The first-order valence-electron chi connectivity index (χ1n) is 6.96. The molecular weight excluding hydrogens is 314 g/mol. The molecule has 0 spiro atoms. The van der Waals surface area contributed by atoms with Gasteiger partial charge in [-0.3, -0.25) is 4.79 Å². The van der Waals surface area contributed by atoms with Crippen LogP contribution in [-0.4, -0.2) is 89.4 Å². The Labute approximate surface area is 133 Å². The van der Waals surface area contributed by atoms with Gasteiger partial charge in [-0.1, -0.05) is 0 Å². The molecule has 23 heavy (non-hydrogen) atoms. The molecule has 1 fully saturated rings. The minimum Gasteiger partial charge on any atom is -0.465 e. The lowest BCUT2D eigenvalue weighted by Gasteiger charge is -2.46. The quantitative estimate of drug-likeness (QED) is 0.316. The van der Waals surface area contributed by atoms with Crippen LogP contribution in [0.15, 0.2) is 0 Å². The summed E-state index contributed by atoms with van der Waals surface area (Å²) in [7, 11) is 2.24. The van der Waals surface area contributed by atoms with E-state index in [1.54, 1.807) is 0 Å². The van der Waals surface area contributed by atoms with Crippen LogP contribution in [-0.2, 0) is 23.8 Å². The average Bonchev–Trinajstić information content (AvgIpc) is 2.53. The number of rotatable bonds is 6.